The SMILES string of the molecule is O=C(COCc1ccccc1Cl)NCc1ccc(Cn2cnc3ccccc32)cc1. The molecular formula is C24H22ClN3O2. The topological polar surface area (TPSA) is 56.1 Å². The van der Waals surface area contributed by atoms with Gasteiger partial charge in [0, 0.05) is 18.1 Å². The van der Waals surface area contributed by atoms with Gasteiger partial charge in [-0.2, -0.15) is 0 Å². The molecule has 1 N–H and O–H groups in total. The van der Waals surface area contributed by atoms with E-state index in [1.807, 2.05) is 54.9 Å². The van der Waals surface area contributed by atoms with E-state index in [4.69, 9.17) is 16.3 Å². The Balaban J connectivity index is 1.24. The second-order valence-electron chi connectivity index (χ2n) is 7.04. The Kier molecular flexibility index (Phi) is 6.42. The Bertz CT molecular complexity index is 1140. The number of benzene rings is 3. The van der Waals surface area contributed by atoms with Gasteiger partial charge in [0.25, 0.3) is 0 Å². The zero-order chi connectivity index (χ0) is 20.8. The number of halogens is 1. The van der Waals surface area contributed by atoms with E-state index in [9.17, 15) is 4.79 Å². The Hall–Kier alpha value is -3.15. The molecule has 0 aliphatic carbocycles. The van der Waals surface area contributed by atoms with Crippen LogP contribution in [0.5, 0.6) is 0 Å². The third-order valence-electron chi connectivity index (χ3n) is 4.84. The summed E-state index contributed by atoms with van der Waals surface area (Å²) in [6, 6.07) is 23.7. The van der Waals surface area contributed by atoms with Crippen molar-refractivity contribution in [3.8, 4) is 0 Å². The molecule has 0 saturated carbocycles. The summed E-state index contributed by atoms with van der Waals surface area (Å²) in [6.45, 7) is 1.52. The van der Waals surface area contributed by atoms with Gasteiger partial charge in [-0.15, -0.1) is 0 Å². The van der Waals surface area contributed by atoms with Crippen molar-refractivity contribution in [2.75, 3.05) is 6.61 Å². The van der Waals surface area contributed by atoms with E-state index in [0.717, 1.165) is 28.7 Å². The maximum Gasteiger partial charge on any atom is 0.246 e. The van der Waals surface area contributed by atoms with Crippen LogP contribution in [0.25, 0.3) is 11.0 Å². The molecule has 0 aliphatic rings. The van der Waals surface area contributed by atoms with Gasteiger partial charge in [-0.05, 0) is 34.9 Å². The summed E-state index contributed by atoms with van der Waals surface area (Å²) in [6.07, 6.45) is 1.86. The molecule has 1 heterocycles. The third-order valence-corrected chi connectivity index (χ3v) is 5.21. The zero-order valence-electron chi connectivity index (χ0n) is 16.4. The Morgan fingerprint density at radius 3 is 2.53 bits per heavy atom. The molecular weight excluding hydrogens is 398 g/mol. The Morgan fingerprint density at radius 2 is 1.70 bits per heavy atom. The molecule has 152 valence electrons. The highest BCUT2D eigenvalue weighted by Gasteiger charge is 2.05. The minimum absolute atomic E-state index is 0.00297. The smallest absolute Gasteiger partial charge is 0.246 e. The monoisotopic (exact) mass is 419 g/mol. The number of carbonyl (C=O) groups is 1. The summed E-state index contributed by atoms with van der Waals surface area (Å²) < 4.78 is 7.59. The fourth-order valence-corrected chi connectivity index (χ4v) is 3.41. The average Bonchev–Trinajstić information content (AvgIpc) is 3.17. The second-order valence-corrected chi connectivity index (χ2v) is 7.45. The lowest BCUT2D eigenvalue weighted by Gasteiger charge is -2.09. The number of para-hydroxylation sites is 2. The van der Waals surface area contributed by atoms with Crippen LogP contribution in [0.2, 0.25) is 5.02 Å². The van der Waals surface area contributed by atoms with Gasteiger partial charge >= 0.3 is 0 Å². The van der Waals surface area contributed by atoms with Gasteiger partial charge in [0.1, 0.15) is 6.61 Å². The van der Waals surface area contributed by atoms with E-state index in [2.05, 4.69) is 33.1 Å². The van der Waals surface area contributed by atoms with Crippen LogP contribution in [0.3, 0.4) is 0 Å². The minimum Gasteiger partial charge on any atom is -0.367 e. The molecule has 3 aromatic carbocycles. The summed E-state index contributed by atoms with van der Waals surface area (Å²) in [5, 5.41) is 3.52. The van der Waals surface area contributed by atoms with Crippen LogP contribution in [-0.2, 0) is 29.2 Å². The van der Waals surface area contributed by atoms with Crippen LogP contribution in [0.15, 0.2) is 79.1 Å². The summed E-state index contributed by atoms with van der Waals surface area (Å²) >= 11 is 6.08. The van der Waals surface area contributed by atoms with Crippen LogP contribution in [0, 0.1) is 0 Å². The van der Waals surface area contributed by atoms with E-state index in [0.29, 0.717) is 18.2 Å². The maximum atomic E-state index is 12.0. The fourth-order valence-electron chi connectivity index (χ4n) is 3.22. The predicted octanol–water partition coefficient (Wildman–Crippen LogP) is 4.57. The molecule has 0 atom stereocenters. The quantitative estimate of drug-likeness (QED) is 0.455. The van der Waals surface area contributed by atoms with E-state index >= 15 is 0 Å². The van der Waals surface area contributed by atoms with Gasteiger partial charge in [-0.25, -0.2) is 4.98 Å². The lowest BCUT2D eigenvalue weighted by Crippen LogP contribution is -2.27. The lowest BCUT2D eigenvalue weighted by atomic mass is 10.1. The van der Waals surface area contributed by atoms with Crippen LogP contribution in [0.1, 0.15) is 16.7 Å². The first-order valence-corrected chi connectivity index (χ1v) is 10.1. The van der Waals surface area contributed by atoms with Crippen molar-refractivity contribution in [1.29, 1.82) is 0 Å². The first kappa shape index (κ1) is 20.1. The number of nitrogens with zero attached hydrogens (tertiary/aromatic N) is 2. The summed E-state index contributed by atoms with van der Waals surface area (Å²) in [4.78, 5) is 16.4. The van der Waals surface area contributed by atoms with Crippen molar-refractivity contribution >= 4 is 28.5 Å². The molecule has 0 aliphatic heterocycles. The highest BCUT2D eigenvalue weighted by Crippen LogP contribution is 2.16. The van der Waals surface area contributed by atoms with E-state index in [1.54, 1.807) is 6.07 Å². The highest BCUT2D eigenvalue weighted by atomic mass is 35.5. The van der Waals surface area contributed by atoms with Crippen molar-refractivity contribution in [2.24, 2.45) is 0 Å². The van der Waals surface area contributed by atoms with E-state index in [1.165, 1.54) is 5.56 Å². The van der Waals surface area contributed by atoms with E-state index in [-0.39, 0.29) is 12.5 Å². The van der Waals surface area contributed by atoms with Crippen LogP contribution < -0.4 is 5.32 Å². The van der Waals surface area contributed by atoms with Gasteiger partial charge in [0.15, 0.2) is 0 Å². The molecule has 5 nitrogen and oxygen atoms in total. The van der Waals surface area contributed by atoms with Crippen molar-refractivity contribution in [2.45, 2.75) is 19.7 Å². The number of aromatic nitrogens is 2. The number of fused-ring (bicyclic) bond motifs is 1. The molecule has 0 fully saturated rings. The largest absolute Gasteiger partial charge is 0.367 e. The van der Waals surface area contributed by atoms with Crippen LogP contribution in [0.4, 0.5) is 0 Å². The molecule has 4 aromatic rings. The number of hydrogen-bond acceptors (Lipinski definition) is 3. The number of ether oxygens (including phenoxy) is 1. The molecule has 1 aromatic heterocycles. The molecule has 4 rings (SSSR count). The van der Waals surface area contributed by atoms with Gasteiger partial charge < -0.3 is 14.6 Å². The average molecular weight is 420 g/mol. The first-order chi connectivity index (χ1) is 14.7. The number of amides is 1. The number of carbonyl (C=O) groups excluding carboxylic acids is 1. The molecule has 0 spiro atoms. The standard InChI is InChI=1S/C24H22ClN3O2/c25-21-6-2-1-5-20(21)15-30-16-24(29)26-13-18-9-11-19(12-10-18)14-28-17-27-22-7-3-4-8-23(22)28/h1-12,17H,13-16H2,(H,26,29). The number of hydrogen-bond donors (Lipinski definition) is 1. The molecule has 0 saturated heterocycles. The number of nitrogens with one attached hydrogen (secondary N) is 1. The number of imidazole rings is 1. The van der Waals surface area contributed by atoms with Crippen LogP contribution in [-0.4, -0.2) is 22.1 Å². The Labute approximate surface area is 180 Å². The van der Waals surface area contributed by atoms with Gasteiger partial charge in [0.2, 0.25) is 5.91 Å². The zero-order valence-corrected chi connectivity index (χ0v) is 17.2. The van der Waals surface area contributed by atoms with Crippen molar-refractivity contribution in [3.63, 3.8) is 0 Å². The molecule has 0 radical (unpaired) electrons. The second kappa shape index (κ2) is 9.57. The molecule has 6 heteroatoms. The molecule has 0 bridgehead atoms. The third kappa shape index (κ3) is 5.06. The summed E-state index contributed by atoms with van der Waals surface area (Å²) in [7, 11) is 0. The van der Waals surface area contributed by atoms with Crippen LogP contribution >= 0.6 is 11.6 Å². The van der Waals surface area contributed by atoms with Crippen molar-refractivity contribution < 1.29 is 9.53 Å². The summed E-state index contributed by atoms with van der Waals surface area (Å²) in [5.41, 5.74) is 5.19. The van der Waals surface area contributed by atoms with Gasteiger partial charge in [-0.3, -0.25) is 4.79 Å². The normalized spacial score (nSPS) is 11.0. The maximum absolute atomic E-state index is 12.0. The highest BCUT2D eigenvalue weighted by molar-refractivity contribution is 6.31. The van der Waals surface area contributed by atoms with Gasteiger partial charge in [-0.1, -0.05) is 66.2 Å². The van der Waals surface area contributed by atoms with Gasteiger partial charge in [0.05, 0.1) is 24.0 Å². The molecule has 30 heavy (non-hydrogen) atoms. The minimum atomic E-state index is -0.156. The fraction of sp³-hybridized carbons (Fsp3) is 0.167. The predicted molar refractivity (Wildman–Crippen MR) is 118 cm³/mol. The summed E-state index contributed by atoms with van der Waals surface area (Å²) in [5.74, 6) is -0.156. The number of rotatable bonds is 8. The van der Waals surface area contributed by atoms with E-state index < -0.39 is 0 Å². The Morgan fingerprint density at radius 1 is 0.967 bits per heavy atom. The lowest BCUT2D eigenvalue weighted by molar-refractivity contribution is -0.126. The van der Waals surface area contributed by atoms with Crippen molar-refractivity contribution in [1.82, 2.24) is 14.9 Å². The molecule has 1 amide bonds. The molecule has 0 unspecified atom stereocenters. The first-order valence-electron chi connectivity index (χ1n) is 9.74. The van der Waals surface area contributed by atoms with Crippen molar-refractivity contribution in [3.05, 3.63) is 101 Å².